The third kappa shape index (κ3) is 2.05. The van der Waals surface area contributed by atoms with Gasteiger partial charge >= 0.3 is 0 Å². The number of hydrogen-bond acceptors (Lipinski definition) is 4. The topological polar surface area (TPSA) is 64.8 Å². The van der Waals surface area contributed by atoms with Gasteiger partial charge in [-0.3, -0.25) is 0 Å². The summed E-state index contributed by atoms with van der Waals surface area (Å²) in [6, 6.07) is 5.77. The zero-order valence-electron chi connectivity index (χ0n) is 7.71. The molecular weight excluding hydrogens is 257 g/mol. The van der Waals surface area contributed by atoms with Gasteiger partial charge in [0.05, 0.1) is 6.20 Å². The van der Waals surface area contributed by atoms with E-state index in [9.17, 15) is 12.8 Å². The van der Waals surface area contributed by atoms with Gasteiger partial charge in [-0.1, -0.05) is 17.3 Å². The maximum absolute atomic E-state index is 13.3. The van der Waals surface area contributed by atoms with Crippen molar-refractivity contribution in [2.24, 2.45) is 0 Å². The fourth-order valence-electron chi connectivity index (χ4n) is 1.12. The Morgan fingerprint density at radius 3 is 2.56 bits per heavy atom. The molecule has 84 valence electrons. The van der Waals surface area contributed by atoms with Gasteiger partial charge in [0, 0.05) is 10.7 Å². The number of hydrogen-bond donors (Lipinski definition) is 0. The van der Waals surface area contributed by atoms with Crippen molar-refractivity contribution in [2.45, 2.75) is 5.03 Å². The first-order valence-electron chi connectivity index (χ1n) is 4.10. The van der Waals surface area contributed by atoms with E-state index >= 15 is 0 Å². The molecule has 0 N–H and O–H groups in total. The highest BCUT2D eigenvalue weighted by molar-refractivity contribution is 8.13. The predicted octanol–water partition coefficient (Wildman–Crippen LogP) is 1.33. The van der Waals surface area contributed by atoms with Crippen LogP contribution in [0.2, 0.25) is 0 Å². The van der Waals surface area contributed by atoms with Gasteiger partial charge in [0.15, 0.2) is 0 Å². The second kappa shape index (κ2) is 3.84. The number of para-hydroxylation sites is 1. The molecule has 0 fully saturated rings. The van der Waals surface area contributed by atoms with E-state index in [4.69, 9.17) is 10.7 Å². The third-order valence-corrected chi connectivity index (χ3v) is 2.98. The van der Waals surface area contributed by atoms with Crippen LogP contribution in [0.4, 0.5) is 4.39 Å². The van der Waals surface area contributed by atoms with Crippen LogP contribution in [-0.2, 0) is 9.05 Å². The molecule has 16 heavy (non-hydrogen) atoms. The lowest BCUT2D eigenvalue weighted by molar-refractivity contribution is 0.605. The molecule has 0 bridgehead atoms. The van der Waals surface area contributed by atoms with Gasteiger partial charge in [0.25, 0.3) is 9.05 Å². The number of halogens is 2. The Morgan fingerprint density at radius 1 is 1.31 bits per heavy atom. The number of aromatic nitrogens is 3. The minimum atomic E-state index is -3.95. The fourth-order valence-corrected chi connectivity index (χ4v) is 1.69. The summed E-state index contributed by atoms with van der Waals surface area (Å²) in [6.07, 6.45) is 1.04. The van der Waals surface area contributed by atoms with Crippen molar-refractivity contribution >= 4 is 19.7 Å². The summed E-state index contributed by atoms with van der Waals surface area (Å²) in [5.74, 6) is -0.536. The molecule has 1 aromatic carbocycles. The van der Waals surface area contributed by atoms with Crippen LogP contribution < -0.4 is 0 Å². The van der Waals surface area contributed by atoms with Gasteiger partial charge in [0.2, 0.25) is 5.03 Å². The zero-order valence-corrected chi connectivity index (χ0v) is 9.28. The molecule has 0 radical (unpaired) electrons. The molecule has 1 aromatic heterocycles. The Labute approximate surface area is 94.9 Å². The van der Waals surface area contributed by atoms with Gasteiger partial charge < -0.3 is 0 Å². The molecule has 0 aliphatic heterocycles. The molecule has 2 aromatic rings. The molecule has 8 heteroatoms. The zero-order chi connectivity index (χ0) is 11.8. The van der Waals surface area contributed by atoms with Crippen molar-refractivity contribution in [1.82, 2.24) is 15.0 Å². The molecule has 0 aliphatic carbocycles. The Kier molecular flexibility index (Phi) is 2.64. The minimum Gasteiger partial charge on any atom is -0.216 e. The van der Waals surface area contributed by atoms with Crippen LogP contribution in [0.15, 0.2) is 35.5 Å². The largest absolute Gasteiger partial charge is 0.282 e. The summed E-state index contributed by atoms with van der Waals surface area (Å²) in [5.41, 5.74) is 0.0987. The summed E-state index contributed by atoms with van der Waals surface area (Å²) >= 11 is 0. The summed E-state index contributed by atoms with van der Waals surface area (Å²) < 4.78 is 36.2. The van der Waals surface area contributed by atoms with Crippen LogP contribution in [0.1, 0.15) is 0 Å². The molecule has 0 unspecified atom stereocenters. The average Bonchev–Trinajstić information content (AvgIpc) is 2.66. The van der Waals surface area contributed by atoms with Crippen LogP contribution in [-0.4, -0.2) is 23.4 Å². The van der Waals surface area contributed by atoms with Crippen LogP contribution in [0.3, 0.4) is 0 Å². The Bertz CT molecular complexity index is 626. The quantitative estimate of drug-likeness (QED) is 0.765. The van der Waals surface area contributed by atoms with Crippen molar-refractivity contribution in [1.29, 1.82) is 0 Å². The maximum atomic E-state index is 13.3. The number of rotatable bonds is 2. The second-order valence-corrected chi connectivity index (χ2v) is 5.40. The van der Waals surface area contributed by atoms with E-state index < -0.39 is 19.9 Å². The van der Waals surface area contributed by atoms with E-state index in [-0.39, 0.29) is 5.69 Å². The maximum Gasteiger partial charge on any atom is 0.282 e. The highest BCUT2D eigenvalue weighted by Crippen LogP contribution is 2.15. The predicted molar refractivity (Wildman–Crippen MR) is 54.4 cm³/mol. The van der Waals surface area contributed by atoms with Gasteiger partial charge in [-0.15, -0.1) is 5.10 Å². The lowest BCUT2D eigenvalue weighted by atomic mass is 10.3. The number of nitrogens with zero attached hydrogens (tertiary/aromatic N) is 3. The number of benzene rings is 1. The van der Waals surface area contributed by atoms with Crippen LogP contribution in [0.5, 0.6) is 0 Å². The van der Waals surface area contributed by atoms with E-state index in [1.54, 1.807) is 6.07 Å². The minimum absolute atomic E-state index is 0.0987. The Balaban J connectivity index is 2.52. The van der Waals surface area contributed by atoms with Crippen molar-refractivity contribution in [3.05, 3.63) is 36.3 Å². The monoisotopic (exact) mass is 261 g/mol. The van der Waals surface area contributed by atoms with Crippen molar-refractivity contribution in [2.75, 3.05) is 0 Å². The Hall–Kier alpha value is -1.47. The van der Waals surface area contributed by atoms with E-state index in [1.165, 1.54) is 18.2 Å². The van der Waals surface area contributed by atoms with E-state index in [0.717, 1.165) is 10.9 Å². The first kappa shape index (κ1) is 11.0. The van der Waals surface area contributed by atoms with Crippen molar-refractivity contribution < 1.29 is 12.8 Å². The standard InChI is InChI=1S/C8H5ClFN3O2S/c9-16(14,15)8-5-13(12-11-8)7-4-2-1-3-6(7)10/h1-5H. The molecule has 2 rings (SSSR count). The van der Waals surface area contributed by atoms with Crippen molar-refractivity contribution in [3.8, 4) is 5.69 Å². The van der Waals surface area contributed by atoms with Gasteiger partial charge in [0.1, 0.15) is 11.5 Å². The Morgan fingerprint density at radius 2 is 2.00 bits per heavy atom. The highest BCUT2D eigenvalue weighted by atomic mass is 35.7. The lowest BCUT2D eigenvalue weighted by Gasteiger charge is -1.99. The molecule has 0 amide bonds. The third-order valence-electron chi connectivity index (χ3n) is 1.82. The summed E-state index contributed by atoms with van der Waals surface area (Å²) in [6.45, 7) is 0. The van der Waals surface area contributed by atoms with Crippen LogP contribution in [0, 0.1) is 5.82 Å². The summed E-state index contributed by atoms with van der Waals surface area (Å²) in [7, 11) is 1.11. The lowest BCUT2D eigenvalue weighted by Crippen LogP contribution is -1.97. The molecule has 0 saturated heterocycles. The molecule has 5 nitrogen and oxygen atoms in total. The normalized spacial score (nSPS) is 11.6. The van der Waals surface area contributed by atoms with Gasteiger partial charge in [-0.05, 0) is 12.1 Å². The van der Waals surface area contributed by atoms with E-state index in [1.807, 2.05) is 0 Å². The second-order valence-electron chi connectivity index (χ2n) is 2.89. The smallest absolute Gasteiger partial charge is 0.216 e. The van der Waals surface area contributed by atoms with Crippen LogP contribution in [0.25, 0.3) is 5.69 Å². The van der Waals surface area contributed by atoms with Gasteiger partial charge in [-0.25, -0.2) is 17.5 Å². The summed E-state index contributed by atoms with van der Waals surface area (Å²) in [4.78, 5) is 0. The molecular formula is C8H5ClFN3O2S. The van der Waals surface area contributed by atoms with Gasteiger partial charge in [-0.2, -0.15) is 0 Å². The van der Waals surface area contributed by atoms with E-state index in [0.29, 0.717) is 0 Å². The van der Waals surface area contributed by atoms with E-state index in [2.05, 4.69) is 10.3 Å². The van der Waals surface area contributed by atoms with Crippen molar-refractivity contribution in [3.63, 3.8) is 0 Å². The SMILES string of the molecule is O=S(=O)(Cl)c1cn(-c2ccccc2F)nn1. The molecule has 0 spiro atoms. The average molecular weight is 262 g/mol. The fraction of sp³-hybridized carbons (Fsp3) is 0. The first-order valence-corrected chi connectivity index (χ1v) is 6.41. The summed E-state index contributed by atoms with van der Waals surface area (Å²) in [5, 5.41) is 6.39. The molecule has 0 aliphatic rings. The molecule has 0 atom stereocenters. The molecule has 1 heterocycles. The first-order chi connectivity index (χ1) is 7.48. The highest BCUT2D eigenvalue weighted by Gasteiger charge is 2.16. The molecule has 0 saturated carbocycles. The van der Waals surface area contributed by atoms with Crippen LogP contribution >= 0.6 is 10.7 Å².